The number of fused-ring (bicyclic) bond motifs is 1. The Morgan fingerprint density at radius 2 is 2.04 bits per heavy atom. The number of amides is 1. The van der Waals surface area contributed by atoms with Crippen LogP contribution in [0.1, 0.15) is 43.0 Å². The molecule has 0 radical (unpaired) electrons. The maximum atomic E-state index is 12.5. The zero-order chi connectivity index (χ0) is 18.7. The molecular formula is C22H25NO3. The summed E-state index contributed by atoms with van der Waals surface area (Å²) in [6.45, 7) is 6.12. The number of ether oxygens (including phenoxy) is 2. The SMILES string of the molecule is COc1ccccc1/C=C/C(=O)NC1CC(C)(C)Oc2cc(C)ccc21. The normalized spacial score (nSPS) is 18.1. The average molecular weight is 351 g/mol. The van der Waals surface area contributed by atoms with Crippen molar-refractivity contribution < 1.29 is 14.3 Å². The van der Waals surface area contributed by atoms with Crippen LogP contribution in [-0.2, 0) is 4.79 Å². The lowest BCUT2D eigenvalue weighted by Crippen LogP contribution is -2.40. The second-order valence-corrected chi connectivity index (χ2v) is 7.24. The molecule has 0 spiro atoms. The van der Waals surface area contributed by atoms with Crippen LogP contribution in [0.15, 0.2) is 48.5 Å². The lowest BCUT2D eigenvalue weighted by atomic mass is 9.89. The minimum atomic E-state index is -0.328. The van der Waals surface area contributed by atoms with Crippen molar-refractivity contribution >= 4 is 12.0 Å². The van der Waals surface area contributed by atoms with E-state index in [4.69, 9.17) is 9.47 Å². The van der Waals surface area contributed by atoms with Crippen molar-refractivity contribution in [2.45, 2.75) is 38.8 Å². The first-order valence-electron chi connectivity index (χ1n) is 8.79. The maximum Gasteiger partial charge on any atom is 0.244 e. The number of rotatable bonds is 4. The molecule has 3 rings (SSSR count). The highest BCUT2D eigenvalue weighted by Crippen LogP contribution is 2.39. The number of carbonyl (C=O) groups is 1. The van der Waals surface area contributed by atoms with Gasteiger partial charge in [0.1, 0.15) is 17.1 Å². The lowest BCUT2D eigenvalue weighted by molar-refractivity contribution is -0.117. The van der Waals surface area contributed by atoms with Gasteiger partial charge >= 0.3 is 0 Å². The van der Waals surface area contributed by atoms with Crippen molar-refractivity contribution in [2.75, 3.05) is 7.11 Å². The van der Waals surface area contributed by atoms with Crippen molar-refractivity contribution in [1.29, 1.82) is 0 Å². The molecule has 0 aliphatic carbocycles. The van der Waals surface area contributed by atoms with Crippen LogP contribution in [0.2, 0.25) is 0 Å². The van der Waals surface area contributed by atoms with Gasteiger partial charge in [-0.05, 0) is 44.5 Å². The molecule has 2 aromatic rings. The molecule has 4 nitrogen and oxygen atoms in total. The van der Waals surface area contributed by atoms with Crippen molar-refractivity contribution in [3.63, 3.8) is 0 Å². The van der Waals surface area contributed by atoms with Gasteiger partial charge < -0.3 is 14.8 Å². The smallest absolute Gasteiger partial charge is 0.244 e. The largest absolute Gasteiger partial charge is 0.496 e. The van der Waals surface area contributed by atoms with Crippen LogP contribution >= 0.6 is 0 Å². The summed E-state index contributed by atoms with van der Waals surface area (Å²) in [6, 6.07) is 13.6. The van der Waals surface area contributed by atoms with E-state index in [2.05, 4.69) is 5.32 Å². The number of aryl methyl sites for hydroxylation is 1. The van der Waals surface area contributed by atoms with E-state index in [9.17, 15) is 4.79 Å². The van der Waals surface area contributed by atoms with Crippen LogP contribution in [0.5, 0.6) is 11.5 Å². The topological polar surface area (TPSA) is 47.6 Å². The number of carbonyl (C=O) groups excluding carboxylic acids is 1. The van der Waals surface area contributed by atoms with E-state index in [0.717, 1.165) is 34.6 Å². The fraction of sp³-hybridized carbons (Fsp3) is 0.318. The number of nitrogens with one attached hydrogen (secondary N) is 1. The van der Waals surface area contributed by atoms with Crippen molar-refractivity contribution in [1.82, 2.24) is 5.32 Å². The molecule has 26 heavy (non-hydrogen) atoms. The number of benzene rings is 2. The Morgan fingerprint density at radius 3 is 2.81 bits per heavy atom. The first-order valence-corrected chi connectivity index (χ1v) is 8.79. The number of hydrogen-bond acceptors (Lipinski definition) is 3. The predicted octanol–water partition coefficient (Wildman–Crippen LogP) is 4.44. The quantitative estimate of drug-likeness (QED) is 0.829. The molecule has 4 heteroatoms. The van der Waals surface area contributed by atoms with E-state index in [0.29, 0.717) is 0 Å². The molecule has 1 unspecified atom stereocenters. The minimum absolute atomic E-state index is 0.0795. The molecule has 2 aromatic carbocycles. The summed E-state index contributed by atoms with van der Waals surface area (Å²) < 4.78 is 11.4. The van der Waals surface area contributed by atoms with Crippen LogP contribution in [-0.4, -0.2) is 18.6 Å². The van der Waals surface area contributed by atoms with Crippen molar-refractivity contribution in [3.05, 3.63) is 65.2 Å². The van der Waals surface area contributed by atoms with Crippen molar-refractivity contribution in [2.24, 2.45) is 0 Å². The Morgan fingerprint density at radius 1 is 1.27 bits per heavy atom. The third-order valence-electron chi connectivity index (χ3n) is 4.50. The fourth-order valence-electron chi connectivity index (χ4n) is 3.28. The molecule has 1 atom stereocenters. The van der Waals surface area contributed by atoms with E-state index in [-0.39, 0.29) is 17.6 Å². The summed E-state index contributed by atoms with van der Waals surface area (Å²) in [5, 5.41) is 3.11. The summed E-state index contributed by atoms with van der Waals surface area (Å²) in [7, 11) is 1.62. The van der Waals surface area contributed by atoms with Crippen LogP contribution in [0.25, 0.3) is 6.08 Å². The van der Waals surface area contributed by atoms with Gasteiger partial charge in [0.15, 0.2) is 0 Å². The average Bonchev–Trinajstić information content (AvgIpc) is 2.58. The molecule has 0 saturated heterocycles. The van der Waals surface area contributed by atoms with Gasteiger partial charge in [0.25, 0.3) is 0 Å². The molecule has 1 N–H and O–H groups in total. The summed E-state index contributed by atoms with van der Waals surface area (Å²) in [5.74, 6) is 1.45. The lowest BCUT2D eigenvalue weighted by Gasteiger charge is -2.38. The molecule has 1 heterocycles. The summed E-state index contributed by atoms with van der Waals surface area (Å²) >= 11 is 0. The van der Waals surface area contributed by atoms with Crippen LogP contribution in [0.3, 0.4) is 0 Å². The Balaban J connectivity index is 1.78. The molecule has 136 valence electrons. The van der Waals surface area contributed by atoms with Gasteiger partial charge in [0.05, 0.1) is 13.2 Å². The Hall–Kier alpha value is -2.75. The first kappa shape index (κ1) is 18.1. The summed E-state index contributed by atoms with van der Waals surface area (Å²) in [5.41, 5.74) is 2.70. The molecule has 0 saturated carbocycles. The van der Waals surface area contributed by atoms with Gasteiger partial charge in [-0.3, -0.25) is 4.79 Å². The molecule has 1 amide bonds. The molecule has 1 aliphatic rings. The van der Waals surface area contributed by atoms with Crippen LogP contribution in [0.4, 0.5) is 0 Å². The zero-order valence-corrected chi connectivity index (χ0v) is 15.7. The maximum absolute atomic E-state index is 12.5. The summed E-state index contributed by atoms with van der Waals surface area (Å²) in [4.78, 5) is 12.5. The highest BCUT2D eigenvalue weighted by Gasteiger charge is 2.34. The van der Waals surface area contributed by atoms with Gasteiger partial charge in [0.2, 0.25) is 5.91 Å². The zero-order valence-electron chi connectivity index (χ0n) is 15.7. The second-order valence-electron chi connectivity index (χ2n) is 7.24. The monoisotopic (exact) mass is 351 g/mol. The highest BCUT2D eigenvalue weighted by atomic mass is 16.5. The molecule has 1 aliphatic heterocycles. The Bertz CT molecular complexity index is 839. The van der Waals surface area contributed by atoms with Crippen LogP contribution < -0.4 is 14.8 Å². The molecule has 0 aromatic heterocycles. The first-order chi connectivity index (χ1) is 12.4. The fourth-order valence-corrected chi connectivity index (χ4v) is 3.28. The molecule has 0 fully saturated rings. The Kier molecular flexibility index (Phi) is 5.03. The van der Waals surface area contributed by atoms with Gasteiger partial charge in [-0.15, -0.1) is 0 Å². The van der Waals surface area contributed by atoms with Gasteiger partial charge in [-0.25, -0.2) is 0 Å². The molecule has 0 bridgehead atoms. The predicted molar refractivity (Wildman–Crippen MR) is 103 cm³/mol. The number of hydrogen-bond donors (Lipinski definition) is 1. The van der Waals surface area contributed by atoms with E-state index >= 15 is 0 Å². The van der Waals surface area contributed by atoms with Crippen LogP contribution in [0, 0.1) is 6.92 Å². The highest BCUT2D eigenvalue weighted by molar-refractivity contribution is 5.92. The van der Waals surface area contributed by atoms with E-state index in [1.54, 1.807) is 19.3 Å². The van der Waals surface area contributed by atoms with Gasteiger partial charge in [0, 0.05) is 23.6 Å². The standard InChI is InChI=1S/C22H25NO3/c1-15-9-11-17-18(14-22(2,3)26-20(17)13-15)23-21(24)12-10-16-7-5-6-8-19(16)25-4/h5-13,18H,14H2,1-4H3,(H,23,24)/b12-10+. The van der Waals surface area contributed by atoms with Gasteiger partial charge in [-0.2, -0.15) is 0 Å². The minimum Gasteiger partial charge on any atom is -0.496 e. The number of methoxy groups -OCH3 is 1. The van der Waals surface area contributed by atoms with Crippen molar-refractivity contribution in [3.8, 4) is 11.5 Å². The Labute approximate surface area is 154 Å². The van der Waals surface area contributed by atoms with E-state index in [1.165, 1.54) is 0 Å². The molecular weight excluding hydrogens is 326 g/mol. The summed E-state index contributed by atoms with van der Waals surface area (Å²) in [6.07, 6.45) is 4.04. The van der Waals surface area contributed by atoms with E-state index < -0.39 is 0 Å². The third kappa shape index (κ3) is 4.07. The number of para-hydroxylation sites is 1. The third-order valence-corrected chi connectivity index (χ3v) is 4.50. The van der Waals surface area contributed by atoms with E-state index in [1.807, 2.05) is 63.2 Å². The second kappa shape index (κ2) is 7.24. The van der Waals surface area contributed by atoms with Gasteiger partial charge in [-0.1, -0.05) is 30.3 Å².